The lowest BCUT2D eigenvalue weighted by atomic mass is 9.96. The fourth-order valence-electron chi connectivity index (χ4n) is 2.47. The molecule has 0 radical (unpaired) electrons. The van der Waals surface area contributed by atoms with Crippen molar-refractivity contribution in [3.63, 3.8) is 0 Å². The van der Waals surface area contributed by atoms with Crippen LogP contribution in [0.1, 0.15) is 33.1 Å². The van der Waals surface area contributed by atoms with Crippen LogP contribution in [-0.4, -0.2) is 61.4 Å². The molecule has 0 spiro atoms. The molecular weight excluding hydrogens is 242 g/mol. The maximum atomic E-state index is 12.1. The van der Waals surface area contributed by atoms with Crippen molar-refractivity contribution in [2.24, 2.45) is 5.92 Å². The van der Waals surface area contributed by atoms with Crippen LogP contribution < -0.4 is 5.32 Å². The number of nitrogens with zero attached hydrogens (tertiary/aromatic N) is 2. The zero-order valence-corrected chi connectivity index (χ0v) is 12.4. The van der Waals surface area contributed by atoms with Gasteiger partial charge in [-0.2, -0.15) is 0 Å². The largest absolute Gasteiger partial charge is 0.342 e. The maximum Gasteiger partial charge on any atom is 0.242 e. The molecule has 1 fully saturated rings. The lowest BCUT2D eigenvalue weighted by Gasteiger charge is -2.26. The molecule has 19 heavy (non-hydrogen) atoms. The molecule has 2 amide bonds. The van der Waals surface area contributed by atoms with E-state index in [0.717, 1.165) is 25.9 Å². The van der Waals surface area contributed by atoms with E-state index in [0.29, 0.717) is 25.4 Å². The number of hydrogen-bond donors (Lipinski definition) is 1. The van der Waals surface area contributed by atoms with Crippen LogP contribution in [0.4, 0.5) is 0 Å². The SMILES string of the molecule is CCN(CC)C(=O)CN(C)C(=O)CC1CCCNC1. The number of carbonyl (C=O) groups is 2. The second-order valence-corrected chi connectivity index (χ2v) is 5.23. The Morgan fingerprint density at radius 1 is 1.21 bits per heavy atom. The first-order chi connectivity index (χ1) is 9.08. The van der Waals surface area contributed by atoms with Crippen molar-refractivity contribution < 1.29 is 9.59 Å². The van der Waals surface area contributed by atoms with Crippen LogP contribution in [0.3, 0.4) is 0 Å². The van der Waals surface area contributed by atoms with Gasteiger partial charge in [0.1, 0.15) is 0 Å². The number of carbonyl (C=O) groups excluding carboxylic acids is 2. The Balaban J connectivity index is 2.37. The second-order valence-electron chi connectivity index (χ2n) is 5.23. The molecule has 0 aromatic rings. The molecular formula is C14H27N3O2. The summed E-state index contributed by atoms with van der Waals surface area (Å²) < 4.78 is 0. The minimum atomic E-state index is 0.0302. The van der Waals surface area contributed by atoms with E-state index in [9.17, 15) is 9.59 Å². The predicted octanol–water partition coefficient (Wildman–Crippen LogP) is 0.703. The topological polar surface area (TPSA) is 52.7 Å². The molecule has 1 rings (SSSR count). The first-order valence-electron chi connectivity index (χ1n) is 7.30. The summed E-state index contributed by atoms with van der Waals surface area (Å²) in [7, 11) is 1.72. The third-order valence-corrected chi connectivity index (χ3v) is 3.78. The summed E-state index contributed by atoms with van der Waals surface area (Å²) in [6.07, 6.45) is 2.80. The Kier molecular flexibility index (Phi) is 6.84. The fraction of sp³-hybridized carbons (Fsp3) is 0.857. The zero-order valence-electron chi connectivity index (χ0n) is 12.4. The van der Waals surface area contributed by atoms with E-state index in [1.807, 2.05) is 13.8 Å². The summed E-state index contributed by atoms with van der Waals surface area (Å²) >= 11 is 0. The minimum absolute atomic E-state index is 0.0302. The molecule has 1 heterocycles. The molecule has 0 bridgehead atoms. The van der Waals surface area contributed by atoms with Gasteiger partial charge in [0.15, 0.2) is 0 Å². The van der Waals surface area contributed by atoms with Crippen molar-refractivity contribution in [1.29, 1.82) is 0 Å². The van der Waals surface area contributed by atoms with Crippen LogP contribution >= 0.6 is 0 Å². The number of nitrogens with one attached hydrogen (secondary N) is 1. The van der Waals surface area contributed by atoms with Gasteiger partial charge in [-0.25, -0.2) is 0 Å². The van der Waals surface area contributed by atoms with Crippen LogP contribution in [0.5, 0.6) is 0 Å². The van der Waals surface area contributed by atoms with Gasteiger partial charge in [-0.15, -0.1) is 0 Å². The van der Waals surface area contributed by atoms with Gasteiger partial charge in [-0.3, -0.25) is 9.59 Å². The fourth-order valence-corrected chi connectivity index (χ4v) is 2.47. The number of likely N-dealkylation sites (N-methyl/N-ethyl adjacent to an activating group) is 2. The quantitative estimate of drug-likeness (QED) is 0.772. The Hall–Kier alpha value is -1.10. The molecule has 0 aromatic carbocycles. The van der Waals surface area contributed by atoms with Crippen molar-refractivity contribution in [2.75, 3.05) is 39.8 Å². The summed E-state index contributed by atoms with van der Waals surface area (Å²) in [4.78, 5) is 27.3. The van der Waals surface area contributed by atoms with Crippen LogP contribution in [-0.2, 0) is 9.59 Å². The molecule has 0 saturated carbocycles. The highest BCUT2D eigenvalue weighted by Gasteiger charge is 2.21. The van der Waals surface area contributed by atoms with Gasteiger partial charge in [0.05, 0.1) is 6.54 Å². The highest BCUT2D eigenvalue weighted by molar-refractivity contribution is 5.84. The number of rotatable bonds is 6. The molecule has 0 aliphatic carbocycles. The Morgan fingerprint density at radius 3 is 2.42 bits per heavy atom. The summed E-state index contributed by atoms with van der Waals surface area (Å²) in [5.74, 6) is 0.532. The van der Waals surface area contributed by atoms with Crippen LogP contribution in [0, 0.1) is 5.92 Å². The molecule has 1 aliphatic rings. The second kappa shape index (κ2) is 8.15. The standard InChI is InChI=1S/C14H27N3O2/c1-4-17(5-2)14(19)11-16(3)13(18)9-12-7-6-8-15-10-12/h12,15H,4-11H2,1-3H3. The third-order valence-electron chi connectivity index (χ3n) is 3.78. The molecule has 1 aliphatic heterocycles. The first-order valence-corrected chi connectivity index (χ1v) is 7.30. The maximum absolute atomic E-state index is 12.1. The molecule has 1 saturated heterocycles. The van der Waals surface area contributed by atoms with E-state index in [-0.39, 0.29) is 18.4 Å². The van der Waals surface area contributed by atoms with Gasteiger partial charge in [0, 0.05) is 26.6 Å². The molecule has 1 atom stereocenters. The van der Waals surface area contributed by atoms with Gasteiger partial charge < -0.3 is 15.1 Å². The zero-order chi connectivity index (χ0) is 14.3. The molecule has 0 aromatic heterocycles. The van der Waals surface area contributed by atoms with Crippen LogP contribution in [0.25, 0.3) is 0 Å². The van der Waals surface area contributed by atoms with E-state index in [1.54, 1.807) is 16.8 Å². The minimum Gasteiger partial charge on any atom is -0.342 e. The first kappa shape index (κ1) is 16.0. The summed E-state index contributed by atoms with van der Waals surface area (Å²) in [5, 5.41) is 3.31. The number of piperidine rings is 1. The number of hydrogen-bond acceptors (Lipinski definition) is 3. The molecule has 5 heteroatoms. The molecule has 1 unspecified atom stereocenters. The van der Waals surface area contributed by atoms with Gasteiger partial charge in [0.2, 0.25) is 11.8 Å². The lowest BCUT2D eigenvalue weighted by molar-refractivity contribution is -0.139. The van der Waals surface area contributed by atoms with E-state index in [1.165, 1.54) is 0 Å². The normalized spacial score (nSPS) is 19.0. The Labute approximate surface area is 116 Å². The predicted molar refractivity (Wildman–Crippen MR) is 75.8 cm³/mol. The monoisotopic (exact) mass is 269 g/mol. The van der Waals surface area contributed by atoms with Crippen molar-refractivity contribution in [3.8, 4) is 0 Å². The average Bonchev–Trinajstić information content (AvgIpc) is 2.41. The highest BCUT2D eigenvalue weighted by atomic mass is 16.2. The number of amides is 2. The van der Waals surface area contributed by atoms with Gasteiger partial charge in [0.25, 0.3) is 0 Å². The van der Waals surface area contributed by atoms with Crippen molar-refractivity contribution in [1.82, 2.24) is 15.1 Å². The van der Waals surface area contributed by atoms with Gasteiger partial charge in [-0.05, 0) is 45.7 Å². The van der Waals surface area contributed by atoms with E-state index in [4.69, 9.17) is 0 Å². The van der Waals surface area contributed by atoms with Crippen LogP contribution in [0.2, 0.25) is 0 Å². The van der Waals surface area contributed by atoms with Crippen LogP contribution in [0.15, 0.2) is 0 Å². The average molecular weight is 269 g/mol. The highest BCUT2D eigenvalue weighted by Crippen LogP contribution is 2.15. The third kappa shape index (κ3) is 5.19. The molecule has 5 nitrogen and oxygen atoms in total. The van der Waals surface area contributed by atoms with Crippen molar-refractivity contribution >= 4 is 11.8 Å². The summed E-state index contributed by atoms with van der Waals surface area (Å²) in [6.45, 7) is 7.48. The smallest absolute Gasteiger partial charge is 0.242 e. The molecule has 110 valence electrons. The van der Waals surface area contributed by atoms with Crippen molar-refractivity contribution in [3.05, 3.63) is 0 Å². The summed E-state index contributed by atoms with van der Waals surface area (Å²) in [5.41, 5.74) is 0. The van der Waals surface area contributed by atoms with Gasteiger partial charge >= 0.3 is 0 Å². The van der Waals surface area contributed by atoms with E-state index < -0.39 is 0 Å². The van der Waals surface area contributed by atoms with Crippen molar-refractivity contribution in [2.45, 2.75) is 33.1 Å². The van der Waals surface area contributed by atoms with Gasteiger partial charge in [-0.1, -0.05) is 0 Å². The van der Waals surface area contributed by atoms with E-state index in [2.05, 4.69) is 5.32 Å². The summed E-state index contributed by atoms with van der Waals surface area (Å²) in [6, 6.07) is 0. The Bertz CT molecular complexity index is 297. The molecule has 1 N–H and O–H groups in total. The Morgan fingerprint density at radius 2 is 1.89 bits per heavy atom. The van der Waals surface area contributed by atoms with E-state index >= 15 is 0 Å². The lowest BCUT2D eigenvalue weighted by Crippen LogP contribution is -2.42.